The van der Waals surface area contributed by atoms with Gasteiger partial charge >= 0.3 is 5.97 Å². The quantitative estimate of drug-likeness (QED) is 0.795. The lowest BCUT2D eigenvalue weighted by Gasteiger charge is -2.13. The molecule has 0 bridgehead atoms. The Morgan fingerprint density at radius 3 is 2.71 bits per heavy atom. The number of carbonyl (C=O) groups is 1. The van der Waals surface area contributed by atoms with Crippen LogP contribution in [-0.4, -0.2) is 20.6 Å². The van der Waals surface area contributed by atoms with Gasteiger partial charge in [0, 0.05) is 10.6 Å². The van der Waals surface area contributed by atoms with Crippen molar-refractivity contribution in [3.63, 3.8) is 0 Å². The van der Waals surface area contributed by atoms with Gasteiger partial charge in [-0.3, -0.25) is 0 Å². The van der Waals surface area contributed by atoms with E-state index in [1.54, 1.807) is 23.6 Å². The summed E-state index contributed by atoms with van der Waals surface area (Å²) in [6.45, 7) is 1.64. The van der Waals surface area contributed by atoms with Crippen LogP contribution < -0.4 is 0 Å². The molecular weight excluding hydrogens is 288 g/mol. The van der Waals surface area contributed by atoms with Crippen LogP contribution in [0.2, 0.25) is 5.02 Å². The molecule has 4 nitrogen and oxygen atoms in total. The molecule has 106 valence electrons. The summed E-state index contributed by atoms with van der Waals surface area (Å²) >= 11 is 6.03. The van der Waals surface area contributed by atoms with Crippen LogP contribution in [-0.2, 0) is 4.79 Å². The fraction of sp³-hybridized carbons (Fsp3) is 0.125. The first-order valence-corrected chi connectivity index (χ1v) is 6.91. The lowest BCUT2D eigenvalue weighted by molar-refractivity contribution is -0.140. The first-order chi connectivity index (χ1) is 10.1. The minimum absolute atomic E-state index is 0.592. The summed E-state index contributed by atoms with van der Waals surface area (Å²) in [6, 6.07) is 14.0. The van der Waals surface area contributed by atoms with E-state index in [9.17, 15) is 9.90 Å². The highest BCUT2D eigenvalue weighted by atomic mass is 35.5. The molecule has 0 fully saturated rings. The van der Waals surface area contributed by atoms with Crippen LogP contribution in [0.5, 0.6) is 0 Å². The van der Waals surface area contributed by atoms with Crippen LogP contribution in [0.3, 0.4) is 0 Å². The molecule has 5 heteroatoms. The van der Waals surface area contributed by atoms with Crippen molar-refractivity contribution in [1.29, 1.82) is 0 Å². The van der Waals surface area contributed by atoms with Crippen molar-refractivity contribution < 1.29 is 9.90 Å². The van der Waals surface area contributed by atoms with Gasteiger partial charge in [-0.25, -0.2) is 9.78 Å². The van der Waals surface area contributed by atoms with Gasteiger partial charge in [-0.2, -0.15) is 0 Å². The molecule has 1 atom stereocenters. The van der Waals surface area contributed by atoms with Gasteiger partial charge in [-0.05, 0) is 31.2 Å². The number of hydrogen-bond acceptors (Lipinski definition) is 2. The van der Waals surface area contributed by atoms with Crippen LogP contribution in [0.25, 0.3) is 22.4 Å². The highest BCUT2D eigenvalue weighted by molar-refractivity contribution is 6.30. The predicted octanol–water partition coefficient (Wildman–Crippen LogP) is 4.00. The van der Waals surface area contributed by atoms with E-state index in [2.05, 4.69) is 4.98 Å². The Morgan fingerprint density at radius 2 is 2.00 bits per heavy atom. The molecule has 0 radical (unpaired) electrons. The first-order valence-electron chi connectivity index (χ1n) is 6.53. The second kappa shape index (κ2) is 5.22. The maximum absolute atomic E-state index is 11.4. The summed E-state index contributed by atoms with van der Waals surface area (Å²) in [6.07, 6.45) is 0. The number of benzene rings is 2. The summed E-state index contributed by atoms with van der Waals surface area (Å²) in [5.74, 6) is -0.296. The smallest absolute Gasteiger partial charge is 0.326 e. The van der Waals surface area contributed by atoms with Gasteiger partial charge in [-0.15, -0.1) is 0 Å². The minimum Gasteiger partial charge on any atom is -0.480 e. The van der Waals surface area contributed by atoms with E-state index in [4.69, 9.17) is 11.6 Å². The van der Waals surface area contributed by atoms with Crippen LogP contribution in [0, 0.1) is 0 Å². The summed E-state index contributed by atoms with van der Waals surface area (Å²) < 4.78 is 1.73. The minimum atomic E-state index is -0.901. The molecule has 0 aliphatic carbocycles. The molecule has 1 unspecified atom stereocenters. The Morgan fingerprint density at radius 1 is 1.24 bits per heavy atom. The Kier molecular flexibility index (Phi) is 3.39. The Balaban J connectivity index is 2.31. The van der Waals surface area contributed by atoms with Crippen molar-refractivity contribution >= 4 is 28.6 Å². The van der Waals surface area contributed by atoms with E-state index in [0.29, 0.717) is 10.8 Å². The van der Waals surface area contributed by atoms with E-state index < -0.39 is 12.0 Å². The normalized spacial score (nSPS) is 12.5. The summed E-state index contributed by atoms with van der Waals surface area (Å²) in [5.41, 5.74) is 2.36. The number of nitrogens with zero attached hydrogens (tertiary/aromatic N) is 2. The maximum Gasteiger partial charge on any atom is 0.326 e. The molecule has 0 saturated heterocycles. The van der Waals surface area contributed by atoms with E-state index in [1.807, 2.05) is 36.4 Å². The number of aliphatic carboxylic acids is 1. The van der Waals surface area contributed by atoms with Crippen LogP contribution in [0.4, 0.5) is 0 Å². The zero-order valence-corrected chi connectivity index (χ0v) is 12.1. The number of imidazole rings is 1. The highest BCUT2D eigenvalue weighted by Crippen LogP contribution is 2.29. The molecule has 1 heterocycles. The number of fused-ring (bicyclic) bond motifs is 1. The number of hydrogen-bond donors (Lipinski definition) is 1. The molecule has 0 aliphatic heterocycles. The monoisotopic (exact) mass is 300 g/mol. The molecule has 1 aromatic heterocycles. The number of aromatic nitrogens is 2. The van der Waals surface area contributed by atoms with Crippen molar-refractivity contribution in [1.82, 2.24) is 9.55 Å². The third kappa shape index (κ3) is 2.38. The van der Waals surface area contributed by atoms with Crippen molar-refractivity contribution in [2.45, 2.75) is 13.0 Å². The molecular formula is C16H13ClN2O2. The summed E-state index contributed by atoms with van der Waals surface area (Å²) in [5, 5.41) is 9.96. The van der Waals surface area contributed by atoms with E-state index in [1.165, 1.54) is 0 Å². The third-order valence-electron chi connectivity index (χ3n) is 3.42. The lowest BCUT2D eigenvalue weighted by Crippen LogP contribution is -2.16. The topological polar surface area (TPSA) is 55.1 Å². The van der Waals surface area contributed by atoms with E-state index in [0.717, 1.165) is 16.6 Å². The average molecular weight is 301 g/mol. The lowest BCUT2D eigenvalue weighted by atomic mass is 10.2. The standard InChI is InChI=1S/C16H13ClN2O2/c1-10(16(20)21)19-14-8-3-2-7-13(14)18-15(19)11-5-4-6-12(17)9-11/h2-10H,1H3,(H,20,21). The van der Waals surface area contributed by atoms with Crippen molar-refractivity contribution in [2.24, 2.45) is 0 Å². The largest absolute Gasteiger partial charge is 0.480 e. The highest BCUT2D eigenvalue weighted by Gasteiger charge is 2.21. The zero-order chi connectivity index (χ0) is 15.0. The van der Waals surface area contributed by atoms with Gasteiger partial charge in [0.2, 0.25) is 0 Å². The molecule has 0 spiro atoms. The fourth-order valence-electron chi connectivity index (χ4n) is 2.38. The molecule has 3 aromatic rings. The Hall–Kier alpha value is -2.33. The zero-order valence-electron chi connectivity index (χ0n) is 11.3. The second-order valence-corrected chi connectivity index (χ2v) is 5.26. The van der Waals surface area contributed by atoms with Gasteiger partial charge in [-0.1, -0.05) is 35.9 Å². The van der Waals surface area contributed by atoms with Crippen LogP contribution >= 0.6 is 11.6 Å². The molecule has 0 saturated carbocycles. The fourth-order valence-corrected chi connectivity index (χ4v) is 2.57. The number of rotatable bonds is 3. The van der Waals surface area contributed by atoms with Crippen molar-refractivity contribution in [2.75, 3.05) is 0 Å². The maximum atomic E-state index is 11.4. The first kappa shape index (κ1) is 13.6. The van der Waals surface area contributed by atoms with Gasteiger partial charge in [0.25, 0.3) is 0 Å². The van der Waals surface area contributed by atoms with Crippen molar-refractivity contribution in [3.05, 3.63) is 53.6 Å². The summed E-state index contributed by atoms with van der Waals surface area (Å²) in [4.78, 5) is 16.0. The Bertz CT molecular complexity index is 826. The molecule has 3 rings (SSSR count). The predicted molar refractivity (Wildman–Crippen MR) is 82.5 cm³/mol. The van der Waals surface area contributed by atoms with Crippen LogP contribution in [0.1, 0.15) is 13.0 Å². The van der Waals surface area contributed by atoms with E-state index in [-0.39, 0.29) is 0 Å². The molecule has 0 aliphatic rings. The number of carboxylic acids is 1. The van der Waals surface area contributed by atoms with E-state index >= 15 is 0 Å². The average Bonchev–Trinajstić information content (AvgIpc) is 2.85. The Labute approximate surface area is 126 Å². The summed E-state index contributed by atoms with van der Waals surface area (Å²) in [7, 11) is 0. The van der Waals surface area contributed by atoms with Gasteiger partial charge in [0.1, 0.15) is 11.9 Å². The van der Waals surface area contributed by atoms with Gasteiger partial charge < -0.3 is 9.67 Å². The molecule has 0 amide bonds. The number of carboxylic acid groups (broad SMARTS) is 1. The number of para-hydroxylation sites is 2. The number of halogens is 1. The van der Waals surface area contributed by atoms with Gasteiger partial charge in [0.05, 0.1) is 11.0 Å². The van der Waals surface area contributed by atoms with Gasteiger partial charge in [0.15, 0.2) is 0 Å². The molecule has 21 heavy (non-hydrogen) atoms. The molecule has 2 aromatic carbocycles. The third-order valence-corrected chi connectivity index (χ3v) is 3.66. The second-order valence-electron chi connectivity index (χ2n) is 4.82. The SMILES string of the molecule is CC(C(=O)O)n1c(-c2cccc(Cl)c2)nc2ccccc21. The van der Waals surface area contributed by atoms with Crippen LogP contribution in [0.15, 0.2) is 48.5 Å². The van der Waals surface area contributed by atoms with Crippen molar-refractivity contribution in [3.8, 4) is 11.4 Å². The molecule has 1 N–H and O–H groups in total.